The molecule has 0 saturated heterocycles. The van der Waals surface area contributed by atoms with Crippen molar-refractivity contribution in [1.82, 2.24) is 0 Å². The molecule has 2 rings (SSSR count). The van der Waals surface area contributed by atoms with Crippen molar-refractivity contribution in [2.45, 2.75) is 6.92 Å². The van der Waals surface area contributed by atoms with Crippen LogP contribution >= 0.6 is 0 Å². The Bertz CT molecular complexity index is 389. The molecule has 1 aromatic carbocycles. The summed E-state index contributed by atoms with van der Waals surface area (Å²) in [6.45, 7) is 2.24. The molecule has 1 nitrogen and oxygen atoms in total. The standard InChI is InChI=1S/C9H10NTe/c1-7-10(2)8-5-3-4-6-9(8)11-7/h3-6H,1-2H3/q+1. The summed E-state index contributed by atoms with van der Waals surface area (Å²) in [7, 11) is 2.16. The van der Waals surface area contributed by atoms with Crippen molar-refractivity contribution in [3.05, 3.63) is 28.0 Å². The molecule has 0 radical (unpaired) electrons. The Balaban J connectivity index is 2.92. The van der Waals surface area contributed by atoms with Crippen LogP contribution in [0.25, 0.3) is 8.92 Å². The molecule has 0 saturated carbocycles. The number of hydrogen-bond acceptors (Lipinski definition) is 0. The summed E-state index contributed by atoms with van der Waals surface area (Å²) in [6.07, 6.45) is 0. The van der Waals surface area contributed by atoms with E-state index in [-0.39, 0.29) is 20.4 Å². The molecule has 0 fully saturated rings. The second-order valence-electron chi connectivity index (χ2n) is 2.65. The van der Waals surface area contributed by atoms with E-state index in [1.807, 2.05) is 0 Å². The van der Waals surface area contributed by atoms with Gasteiger partial charge >= 0.3 is 75.9 Å². The molecule has 0 aliphatic heterocycles. The third kappa shape index (κ3) is 1.11. The average molecular weight is 260 g/mol. The van der Waals surface area contributed by atoms with Gasteiger partial charge in [0.15, 0.2) is 0 Å². The second-order valence-corrected chi connectivity index (χ2v) is 6.17. The van der Waals surface area contributed by atoms with Crippen LogP contribution in [0.15, 0.2) is 24.3 Å². The number of hydrogen-bond donors (Lipinski definition) is 0. The summed E-state index contributed by atoms with van der Waals surface area (Å²) in [4.78, 5) is 0. The molecular formula is C9H10NTe+. The summed E-state index contributed by atoms with van der Waals surface area (Å²) in [6, 6.07) is 8.71. The van der Waals surface area contributed by atoms with Gasteiger partial charge in [0.1, 0.15) is 0 Å². The van der Waals surface area contributed by atoms with Gasteiger partial charge in [-0.15, -0.1) is 0 Å². The third-order valence-corrected chi connectivity index (χ3v) is 5.19. The Morgan fingerprint density at radius 3 is 2.73 bits per heavy atom. The van der Waals surface area contributed by atoms with E-state index in [2.05, 4.69) is 42.8 Å². The molecule has 11 heavy (non-hydrogen) atoms. The van der Waals surface area contributed by atoms with Crippen molar-refractivity contribution in [3.63, 3.8) is 0 Å². The Morgan fingerprint density at radius 2 is 2.00 bits per heavy atom. The van der Waals surface area contributed by atoms with Gasteiger partial charge in [0, 0.05) is 0 Å². The van der Waals surface area contributed by atoms with Crippen molar-refractivity contribution in [3.8, 4) is 0 Å². The number of para-hydroxylation sites is 1. The van der Waals surface area contributed by atoms with Gasteiger partial charge in [-0.25, -0.2) is 0 Å². The zero-order valence-corrected chi connectivity index (χ0v) is 9.00. The first kappa shape index (κ1) is 7.34. The fourth-order valence-corrected chi connectivity index (χ4v) is 4.10. The number of benzene rings is 1. The van der Waals surface area contributed by atoms with Crippen molar-refractivity contribution >= 4 is 29.3 Å². The summed E-state index contributed by atoms with van der Waals surface area (Å²) < 4.78 is 5.46. The van der Waals surface area contributed by atoms with Crippen molar-refractivity contribution in [2.75, 3.05) is 0 Å². The molecule has 1 heterocycles. The fourth-order valence-electron chi connectivity index (χ4n) is 1.22. The number of fused-ring (bicyclic) bond motifs is 1. The molecule has 1 aromatic heterocycles. The van der Waals surface area contributed by atoms with Gasteiger partial charge in [0.25, 0.3) is 0 Å². The Hall–Kier alpha value is -0.320. The molecule has 2 heteroatoms. The number of rotatable bonds is 0. The van der Waals surface area contributed by atoms with Crippen LogP contribution < -0.4 is 4.57 Å². The molecule has 0 atom stereocenters. The summed E-state index contributed by atoms with van der Waals surface area (Å²) in [5.41, 5.74) is 1.42. The molecule has 0 bridgehead atoms. The van der Waals surface area contributed by atoms with Gasteiger partial charge in [-0.2, -0.15) is 0 Å². The molecule has 0 spiro atoms. The molecule has 2 aromatic rings. The SMILES string of the molecule is Cc1[te]c2ccccc2[n+]1C. The van der Waals surface area contributed by atoms with Crippen LogP contribution in [0.4, 0.5) is 0 Å². The van der Waals surface area contributed by atoms with Crippen molar-refractivity contribution in [1.29, 1.82) is 0 Å². The first-order chi connectivity index (χ1) is 5.29. The third-order valence-electron chi connectivity index (χ3n) is 1.96. The van der Waals surface area contributed by atoms with Crippen molar-refractivity contribution < 1.29 is 4.57 Å². The normalized spacial score (nSPS) is 10.7. The molecule has 0 amide bonds. The number of nitrogens with zero attached hydrogens (tertiary/aromatic N) is 1. The van der Waals surface area contributed by atoms with Crippen LogP contribution in [-0.4, -0.2) is 20.4 Å². The quantitative estimate of drug-likeness (QED) is 0.492. The van der Waals surface area contributed by atoms with E-state index in [4.69, 9.17) is 0 Å². The minimum absolute atomic E-state index is 0.0117. The second kappa shape index (κ2) is 2.62. The first-order valence-electron chi connectivity index (χ1n) is 3.63. The number of aryl methyl sites for hydroxylation is 2. The van der Waals surface area contributed by atoms with E-state index in [1.54, 1.807) is 7.11 Å². The van der Waals surface area contributed by atoms with Crippen LogP contribution in [-0.2, 0) is 7.05 Å². The van der Waals surface area contributed by atoms with E-state index < -0.39 is 0 Å². The average Bonchev–Trinajstić information content (AvgIpc) is 2.30. The van der Waals surface area contributed by atoms with Crippen molar-refractivity contribution in [2.24, 2.45) is 7.05 Å². The Kier molecular flexibility index (Phi) is 1.75. The zero-order chi connectivity index (χ0) is 7.84. The van der Waals surface area contributed by atoms with E-state index in [1.165, 1.54) is 5.52 Å². The summed E-state index contributed by atoms with van der Waals surface area (Å²) in [5.74, 6) is 0. The molecule has 0 aliphatic rings. The molecule has 0 aliphatic carbocycles. The van der Waals surface area contributed by atoms with E-state index in [0.29, 0.717) is 0 Å². The van der Waals surface area contributed by atoms with Gasteiger partial charge in [-0.05, 0) is 0 Å². The van der Waals surface area contributed by atoms with Crippen LogP contribution in [0.1, 0.15) is 3.71 Å². The number of aromatic nitrogens is 1. The van der Waals surface area contributed by atoms with Gasteiger partial charge < -0.3 is 0 Å². The summed E-state index contributed by atoms with van der Waals surface area (Å²) >= 11 is -0.0117. The van der Waals surface area contributed by atoms with E-state index >= 15 is 0 Å². The van der Waals surface area contributed by atoms with Crippen LogP contribution in [0, 0.1) is 6.92 Å². The molecule has 0 N–H and O–H groups in total. The maximum atomic E-state index is 2.32. The van der Waals surface area contributed by atoms with E-state index in [9.17, 15) is 0 Å². The van der Waals surface area contributed by atoms with Gasteiger partial charge in [-0.3, -0.25) is 0 Å². The first-order valence-corrected chi connectivity index (χ1v) is 5.96. The fraction of sp³-hybridized carbons (Fsp3) is 0.222. The molecule has 56 valence electrons. The molecule has 0 unspecified atom stereocenters. The maximum absolute atomic E-state index is 2.32. The monoisotopic (exact) mass is 262 g/mol. The zero-order valence-electron chi connectivity index (χ0n) is 6.66. The summed E-state index contributed by atoms with van der Waals surface area (Å²) in [5, 5.41) is 0. The van der Waals surface area contributed by atoms with E-state index in [0.717, 1.165) is 0 Å². The predicted molar refractivity (Wildman–Crippen MR) is 46.8 cm³/mol. The van der Waals surface area contributed by atoms with Crippen LogP contribution in [0.3, 0.4) is 0 Å². The van der Waals surface area contributed by atoms with Gasteiger partial charge in [0.05, 0.1) is 0 Å². The minimum atomic E-state index is -0.0117. The van der Waals surface area contributed by atoms with Crippen LogP contribution in [0.5, 0.6) is 0 Å². The van der Waals surface area contributed by atoms with Gasteiger partial charge in [-0.1, -0.05) is 0 Å². The van der Waals surface area contributed by atoms with Gasteiger partial charge in [0.2, 0.25) is 0 Å². The topological polar surface area (TPSA) is 3.88 Å². The Morgan fingerprint density at radius 1 is 1.27 bits per heavy atom. The molecular weight excluding hydrogens is 250 g/mol. The Labute approximate surface area is 75.9 Å². The van der Waals surface area contributed by atoms with Crippen LogP contribution in [0.2, 0.25) is 0 Å². The predicted octanol–water partition coefficient (Wildman–Crippen LogP) is 1.03.